The van der Waals surface area contributed by atoms with Crippen LogP contribution in [-0.4, -0.2) is 40.2 Å². The van der Waals surface area contributed by atoms with E-state index >= 15 is 0 Å². The first kappa shape index (κ1) is 18.7. The molecule has 2 aliphatic carbocycles. The molecular weight excluding hydrogens is 380 g/mol. The number of amides is 2. The number of urea groups is 1. The number of nitrogens with zero attached hydrogens (tertiary/aromatic N) is 2. The minimum Gasteiger partial charge on any atom is -0.480 e. The number of anilines is 1. The molecule has 2 aliphatic rings. The van der Waals surface area contributed by atoms with E-state index in [1.807, 2.05) is 49.4 Å². The Morgan fingerprint density at radius 3 is 2.70 bits per heavy atom. The number of carbonyl (C=O) groups is 1. The molecule has 0 saturated heterocycles. The Morgan fingerprint density at radius 1 is 1.20 bits per heavy atom. The van der Waals surface area contributed by atoms with Crippen LogP contribution in [0.2, 0.25) is 0 Å². The number of hydrogen-bond donors (Lipinski definition) is 3. The summed E-state index contributed by atoms with van der Waals surface area (Å²) in [5.41, 5.74) is 3.50. The number of carbonyl (C=O) groups excluding carboxylic acids is 1. The largest absolute Gasteiger partial charge is 0.480 e. The Morgan fingerprint density at radius 2 is 1.93 bits per heavy atom. The van der Waals surface area contributed by atoms with Crippen molar-refractivity contribution >= 4 is 11.8 Å². The minimum atomic E-state index is -0.475. The highest BCUT2D eigenvalue weighted by molar-refractivity contribution is 5.90. The number of aliphatic hydroxyl groups is 1. The van der Waals surface area contributed by atoms with E-state index in [1.165, 1.54) is 0 Å². The molecule has 1 spiro atoms. The fourth-order valence-corrected chi connectivity index (χ4v) is 4.72. The average molecular weight is 404 g/mol. The van der Waals surface area contributed by atoms with Gasteiger partial charge in [0.2, 0.25) is 5.88 Å². The van der Waals surface area contributed by atoms with E-state index in [4.69, 9.17) is 4.74 Å². The number of para-hydroxylation sites is 1. The molecule has 30 heavy (non-hydrogen) atoms. The molecule has 3 N–H and O–H groups in total. The summed E-state index contributed by atoms with van der Waals surface area (Å²) in [6.45, 7) is 1.86. The summed E-state index contributed by atoms with van der Waals surface area (Å²) in [6, 6.07) is 17.2. The fraction of sp³-hybridized carbons (Fsp3) is 0.304. The standard InChI is InChI=1S/C23H24N4O3/c1-14-20(27(26-21(14)30-2)16-9-4-3-5-10-16)25-22(29)24-18-13-23(18)17-11-7-6-8-15(17)12-19(23)28/h3-11,18-19,28H,12-13H2,1-2H3,(H2,24,25,29). The number of rotatable bonds is 4. The normalized spacial score (nSPS) is 23.8. The molecule has 1 fully saturated rings. The van der Waals surface area contributed by atoms with Gasteiger partial charge in [0.05, 0.1) is 24.5 Å². The predicted octanol–water partition coefficient (Wildman–Crippen LogP) is 2.94. The van der Waals surface area contributed by atoms with Crippen molar-refractivity contribution in [2.24, 2.45) is 0 Å². The molecule has 3 atom stereocenters. The number of methoxy groups -OCH3 is 1. The van der Waals surface area contributed by atoms with Crippen molar-refractivity contribution in [1.82, 2.24) is 15.1 Å². The summed E-state index contributed by atoms with van der Waals surface area (Å²) in [5.74, 6) is 1.01. The number of hydrogen-bond acceptors (Lipinski definition) is 4. The van der Waals surface area contributed by atoms with Crippen molar-refractivity contribution in [3.63, 3.8) is 0 Å². The lowest BCUT2D eigenvalue weighted by Crippen LogP contribution is -2.38. The summed E-state index contributed by atoms with van der Waals surface area (Å²) < 4.78 is 7.02. The highest BCUT2D eigenvalue weighted by Gasteiger charge is 2.64. The smallest absolute Gasteiger partial charge is 0.320 e. The van der Waals surface area contributed by atoms with Gasteiger partial charge in [-0.2, -0.15) is 0 Å². The first-order chi connectivity index (χ1) is 14.5. The zero-order valence-corrected chi connectivity index (χ0v) is 16.9. The van der Waals surface area contributed by atoms with E-state index in [1.54, 1.807) is 11.8 Å². The Bertz CT molecular complexity index is 1110. The third-order valence-corrected chi connectivity index (χ3v) is 6.34. The second-order valence-corrected chi connectivity index (χ2v) is 8.00. The molecule has 154 valence electrons. The average Bonchev–Trinajstić information content (AvgIpc) is 3.29. The van der Waals surface area contributed by atoms with Crippen LogP contribution in [0.25, 0.3) is 5.69 Å². The Labute approximate surface area is 174 Å². The maximum Gasteiger partial charge on any atom is 0.320 e. The van der Waals surface area contributed by atoms with Gasteiger partial charge in [0.15, 0.2) is 0 Å². The fourth-order valence-electron chi connectivity index (χ4n) is 4.72. The van der Waals surface area contributed by atoms with Crippen LogP contribution in [0.3, 0.4) is 0 Å². The molecule has 2 amide bonds. The number of fused-ring (bicyclic) bond motifs is 2. The van der Waals surface area contributed by atoms with Crippen molar-refractivity contribution in [3.8, 4) is 11.6 Å². The Kier molecular flexibility index (Phi) is 4.29. The molecular formula is C23H24N4O3. The molecule has 1 aromatic heterocycles. The van der Waals surface area contributed by atoms with Crippen LogP contribution in [0.15, 0.2) is 54.6 Å². The van der Waals surface area contributed by atoms with Gasteiger partial charge in [-0.15, -0.1) is 5.10 Å². The zero-order valence-electron chi connectivity index (χ0n) is 16.9. The van der Waals surface area contributed by atoms with Crippen molar-refractivity contribution in [1.29, 1.82) is 0 Å². The van der Waals surface area contributed by atoms with Crippen LogP contribution in [0, 0.1) is 6.92 Å². The molecule has 3 unspecified atom stereocenters. The Balaban J connectivity index is 1.37. The number of ether oxygens (including phenoxy) is 1. The van der Waals surface area contributed by atoms with Gasteiger partial charge in [0.1, 0.15) is 5.82 Å². The van der Waals surface area contributed by atoms with Crippen molar-refractivity contribution < 1.29 is 14.6 Å². The molecule has 0 aliphatic heterocycles. The van der Waals surface area contributed by atoms with Gasteiger partial charge in [-0.05, 0) is 43.0 Å². The lowest BCUT2D eigenvalue weighted by molar-refractivity contribution is 0.141. The van der Waals surface area contributed by atoms with E-state index in [2.05, 4.69) is 27.9 Å². The molecule has 1 heterocycles. The van der Waals surface area contributed by atoms with Gasteiger partial charge < -0.3 is 15.2 Å². The van der Waals surface area contributed by atoms with Gasteiger partial charge in [-0.1, -0.05) is 42.5 Å². The first-order valence-corrected chi connectivity index (χ1v) is 10.1. The highest BCUT2D eigenvalue weighted by Crippen LogP contribution is 2.56. The van der Waals surface area contributed by atoms with E-state index in [0.29, 0.717) is 18.1 Å². The van der Waals surface area contributed by atoms with Crippen molar-refractivity contribution in [2.75, 3.05) is 12.4 Å². The second kappa shape index (κ2) is 6.88. The van der Waals surface area contributed by atoms with Crippen LogP contribution in [0.4, 0.5) is 10.6 Å². The van der Waals surface area contributed by atoms with Crippen LogP contribution in [0.1, 0.15) is 23.1 Å². The van der Waals surface area contributed by atoms with Crippen LogP contribution in [0.5, 0.6) is 5.88 Å². The summed E-state index contributed by atoms with van der Waals surface area (Å²) >= 11 is 0. The maximum absolute atomic E-state index is 12.9. The van der Waals surface area contributed by atoms with E-state index < -0.39 is 6.10 Å². The maximum atomic E-state index is 12.9. The SMILES string of the molecule is COc1nn(-c2ccccc2)c(NC(=O)NC2CC23c2ccccc2CC3O)c1C. The topological polar surface area (TPSA) is 88.4 Å². The Hall–Kier alpha value is -3.32. The molecule has 0 bridgehead atoms. The van der Waals surface area contributed by atoms with Crippen molar-refractivity contribution in [2.45, 2.75) is 37.3 Å². The first-order valence-electron chi connectivity index (χ1n) is 10.1. The third-order valence-electron chi connectivity index (χ3n) is 6.34. The second-order valence-electron chi connectivity index (χ2n) is 8.00. The molecule has 5 rings (SSSR count). The van der Waals surface area contributed by atoms with Crippen LogP contribution < -0.4 is 15.4 Å². The molecule has 7 heteroatoms. The van der Waals surface area contributed by atoms with E-state index in [9.17, 15) is 9.90 Å². The summed E-state index contributed by atoms with van der Waals surface area (Å²) in [7, 11) is 1.56. The highest BCUT2D eigenvalue weighted by atomic mass is 16.5. The van der Waals surface area contributed by atoms with Gasteiger partial charge in [0.25, 0.3) is 0 Å². The van der Waals surface area contributed by atoms with Gasteiger partial charge in [-0.3, -0.25) is 5.32 Å². The van der Waals surface area contributed by atoms with Gasteiger partial charge in [-0.25, -0.2) is 9.48 Å². The molecule has 1 saturated carbocycles. The summed E-state index contributed by atoms with van der Waals surface area (Å²) in [6.07, 6.45) is 0.892. The van der Waals surface area contributed by atoms with Gasteiger partial charge in [0, 0.05) is 11.5 Å². The quantitative estimate of drug-likeness (QED) is 0.624. The minimum absolute atomic E-state index is 0.105. The number of benzene rings is 2. The van der Waals surface area contributed by atoms with Crippen molar-refractivity contribution in [3.05, 3.63) is 71.3 Å². The van der Waals surface area contributed by atoms with Crippen LogP contribution >= 0.6 is 0 Å². The lowest BCUT2D eigenvalue weighted by atomic mass is 9.95. The molecule has 0 radical (unpaired) electrons. The monoisotopic (exact) mass is 404 g/mol. The third kappa shape index (κ3) is 2.77. The van der Waals surface area contributed by atoms with E-state index in [0.717, 1.165) is 28.8 Å². The van der Waals surface area contributed by atoms with Crippen LogP contribution in [-0.2, 0) is 11.8 Å². The molecule has 7 nitrogen and oxygen atoms in total. The number of aliphatic hydroxyl groups excluding tert-OH is 1. The summed E-state index contributed by atoms with van der Waals surface area (Å²) in [4.78, 5) is 12.9. The van der Waals surface area contributed by atoms with Gasteiger partial charge >= 0.3 is 6.03 Å². The molecule has 2 aromatic carbocycles. The lowest BCUT2D eigenvalue weighted by Gasteiger charge is -2.17. The number of nitrogens with one attached hydrogen (secondary N) is 2. The zero-order chi connectivity index (χ0) is 20.9. The number of aromatic nitrogens is 2. The molecule has 3 aromatic rings. The summed E-state index contributed by atoms with van der Waals surface area (Å²) in [5, 5.41) is 21.1. The van der Waals surface area contributed by atoms with E-state index in [-0.39, 0.29) is 17.5 Å². The predicted molar refractivity (Wildman–Crippen MR) is 113 cm³/mol.